The van der Waals surface area contributed by atoms with Gasteiger partial charge in [0.15, 0.2) is 5.78 Å². The highest BCUT2D eigenvalue weighted by Crippen LogP contribution is 2.26. The zero-order valence-corrected chi connectivity index (χ0v) is 15.7. The van der Waals surface area contributed by atoms with Crippen LogP contribution in [0.5, 0.6) is 5.75 Å². The normalized spacial score (nSPS) is 16.8. The Morgan fingerprint density at radius 2 is 1.83 bits per heavy atom. The molecule has 0 aliphatic carbocycles. The molecule has 126 valence electrons. The van der Waals surface area contributed by atoms with Crippen molar-refractivity contribution in [3.05, 3.63) is 63.6 Å². The highest BCUT2D eigenvalue weighted by atomic mass is 79.9. The summed E-state index contributed by atoms with van der Waals surface area (Å²) in [7, 11) is 0. The number of ether oxygens (including phenoxy) is 2. The summed E-state index contributed by atoms with van der Waals surface area (Å²) in [5.41, 5.74) is 2.57. The van der Waals surface area contributed by atoms with Gasteiger partial charge in [-0.15, -0.1) is 0 Å². The Balaban J connectivity index is 1.80. The lowest BCUT2D eigenvalue weighted by Crippen LogP contribution is -2.11. The summed E-state index contributed by atoms with van der Waals surface area (Å²) < 4.78 is 11.7. The topological polar surface area (TPSA) is 38.8 Å². The van der Waals surface area contributed by atoms with Crippen LogP contribution < -0.4 is 4.74 Å². The second kappa shape index (κ2) is 6.69. The van der Waals surface area contributed by atoms with Crippen LogP contribution in [0, 0.1) is 0 Å². The molecule has 1 fully saturated rings. The molecule has 0 spiro atoms. The van der Waals surface area contributed by atoms with Gasteiger partial charge < -0.3 is 9.47 Å². The molecule has 1 heterocycles. The fourth-order valence-corrected chi connectivity index (χ4v) is 2.89. The average molecular weight is 389 g/mol. The second-order valence-corrected chi connectivity index (χ2v) is 8.01. The number of rotatable bonds is 5. The average Bonchev–Trinajstić information content (AvgIpc) is 3.35. The van der Waals surface area contributed by atoms with Gasteiger partial charge in [-0.1, -0.05) is 61.0 Å². The number of hydrogen-bond acceptors (Lipinski definition) is 3. The van der Waals surface area contributed by atoms with Crippen molar-refractivity contribution in [2.45, 2.75) is 32.3 Å². The molecule has 24 heavy (non-hydrogen) atoms. The molecule has 0 bridgehead atoms. The minimum atomic E-state index is -0.00992. The standard InChI is InChI=1S/C20H21BrO3/c1-20(2,3)15-6-4-13(5-7-15)19(22)14-8-16(21)10-17(9-14)23-11-18-12-24-18/h4-10,18H,11-12H2,1-3H3. The minimum absolute atomic E-state index is 0.00992. The maximum atomic E-state index is 12.8. The number of ketones is 1. The monoisotopic (exact) mass is 388 g/mol. The molecule has 0 amide bonds. The molecular formula is C20H21BrO3. The summed E-state index contributed by atoms with van der Waals surface area (Å²) in [6, 6.07) is 13.3. The summed E-state index contributed by atoms with van der Waals surface area (Å²) in [5.74, 6) is 0.666. The molecule has 0 aromatic heterocycles. The number of halogens is 1. The fraction of sp³-hybridized carbons (Fsp3) is 0.350. The van der Waals surface area contributed by atoms with E-state index in [0.717, 1.165) is 11.1 Å². The van der Waals surface area contributed by atoms with Gasteiger partial charge in [0.1, 0.15) is 18.5 Å². The minimum Gasteiger partial charge on any atom is -0.491 e. The highest BCUT2D eigenvalue weighted by molar-refractivity contribution is 9.10. The van der Waals surface area contributed by atoms with Crippen molar-refractivity contribution in [2.75, 3.05) is 13.2 Å². The van der Waals surface area contributed by atoms with Crippen molar-refractivity contribution in [3.8, 4) is 5.75 Å². The van der Waals surface area contributed by atoms with Crippen LogP contribution in [0.4, 0.5) is 0 Å². The lowest BCUT2D eigenvalue weighted by atomic mass is 9.86. The Morgan fingerprint density at radius 1 is 1.17 bits per heavy atom. The van der Waals surface area contributed by atoms with Crippen molar-refractivity contribution >= 4 is 21.7 Å². The first-order valence-electron chi connectivity index (χ1n) is 8.03. The fourth-order valence-electron chi connectivity index (χ4n) is 2.42. The van der Waals surface area contributed by atoms with Gasteiger partial charge in [-0.3, -0.25) is 4.79 Å². The van der Waals surface area contributed by atoms with Gasteiger partial charge in [0.2, 0.25) is 0 Å². The van der Waals surface area contributed by atoms with Gasteiger partial charge >= 0.3 is 0 Å². The Morgan fingerprint density at radius 3 is 2.42 bits per heavy atom. The van der Waals surface area contributed by atoms with Gasteiger partial charge in [-0.05, 0) is 29.2 Å². The van der Waals surface area contributed by atoms with Gasteiger partial charge in [0.25, 0.3) is 0 Å². The Labute approximate surface area is 151 Å². The van der Waals surface area contributed by atoms with Crippen molar-refractivity contribution in [2.24, 2.45) is 0 Å². The van der Waals surface area contributed by atoms with Crippen LogP contribution in [0.1, 0.15) is 42.3 Å². The number of epoxide rings is 1. The summed E-state index contributed by atoms with van der Waals surface area (Å²) in [6.45, 7) is 7.74. The van der Waals surface area contributed by atoms with Crippen LogP contribution in [0.15, 0.2) is 46.9 Å². The molecule has 2 aromatic rings. The Hall–Kier alpha value is -1.65. The van der Waals surface area contributed by atoms with E-state index < -0.39 is 0 Å². The number of hydrogen-bond donors (Lipinski definition) is 0. The molecular weight excluding hydrogens is 368 g/mol. The van der Waals surface area contributed by atoms with Crippen molar-refractivity contribution in [1.29, 1.82) is 0 Å². The number of carbonyl (C=O) groups is 1. The van der Waals surface area contributed by atoms with Crippen LogP contribution in [-0.4, -0.2) is 25.1 Å². The van der Waals surface area contributed by atoms with Crippen molar-refractivity contribution in [1.82, 2.24) is 0 Å². The molecule has 3 nitrogen and oxygen atoms in total. The van der Waals surface area contributed by atoms with E-state index >= 15 is 0 Å². The van der Waals surface area contributed by atoms with E-state index in [1.54, 1.807) is 6.07 Å². The van der Waals surface area contributed by atoms with E-state index in [2.05, 4.69) is 36.7 Å². The molecule has 0 radical (unpaired) electrons. The van der Waals surface area contributed by atoms with E-state index in [0.29, 0.717) is 23.5 Å². The number of benzene rings is 2. The van der Waals surface area contributed by atoms with Gasteiger partial charge in [0.05, 0.1) is 6.61 Å². The molecule has 0 N–H and O–H groups in total. The molecule has 1 atom stereocenters. The molecule has 1 aliphatic heterocycles. The quantitative estimate of drug-likeness (QED) is 0.547. The summed E-state index contributed by atoms with van der Waals surface area (Å²) >= 11 is 3.45. The zero-order chi connectivity index (χ0) is 17.3. The zero-order valence-electron chi connectivity index (χ0n) is 14.1. The van der Waals surface area contributed by atoms with Gasteiger partial charge in [-0.2, -0.15) is 0 Å². The SMILES string of the molecule is CC(C)(C)c1ccc(C(=O)c2cc(Br)cc(OCC3CO3)c2)cc1. The first-order valence-corrected chi connectivity index (χ1v) is 8.82. The number of carbonyl (C=O) groups excluding carboxylic acids is 1. The van der Waals surface area contributed by atoms with E-state index in [-0.39, 0.29) is 17.3 Å². The van der Waals surface area contributed by atoms with E-state index in [4.69, 9.17) is 9.47 Å². The summed E-state index contributed by atoms with van der Waals surface area (Å²) in [4.78, 5) is 12.8. The largest absolute Gasteiger partial charge is 0.491 e. The smallest absolute Gasteiger partial charge is 0.193 e. The molecule has 1 unspecified atom stereocenters. The lowest BCUT2D eigenvalue weighted by molar-refractivity contribution is 0.103. The van der Waals surface area contributed by atoms with Crippen LogP contribution in [0.2, 0.25) is 0 Å². The van der Waals surface area contributed by atoms with Gasteiger partial charge in [-0.25, -0.2) is 0 Å². The van der Waals surface area contributed by atoms with E-state index in [1.807, 2.05) is 36.4 Å². The van der Waals surface area contributed by atoms with Gasteiger partial charge in [0, 0.05) is 15.6 Å². The third-order valence-electron chi connectivity index (χ3n) is 3.98. The third-order valence-corrected chi connectivity index (χ3v) is 4.44. The second-order valence-electron chi connectivity index (χ2n) is 7.10. The summed E-state index contributed by atoms with van der Waals surface area (Å²) in [6.07, 6.45) is 0.188. The van der Waals surface area contributed by atoms with E-state index in [1.165, 1.54) is 5.56 Å². The molecule has 3 rings (SSSR count). The Kier molecular flexibility index (Phi) is 4.79. The van der Waals surface area contributed by atoms with Crippen LogP contribution in [0.25, 0.3) is 0 Å². The van der Waals surface area contributed by atoms with E-state index in [9.17, 15) is 4.79 Å². The molecule has 0 saturated carbocycles. The molecule has 1 saturated heterocycles. The summed E-state index contributed by atoms with van der Waals surface area (Å²) in [5, 5.41) is 0. The van der Waals surface area contributed by atoms with Crippen molar-refractivity contribution < 1.29 is 14.3 Å². The van der Waals surface area contributed by atoms with Crippen LogP contribution >= 0.6 is 15.9 Å². The van der Waals surface area contributed by atoms with Crippen LogP contribution in [-0.2, 0) is 10.2 Å². The molecule has 4 heteroatoms. The van der Waals surface area contributed by atoms with Crippen LogP contribution in [0.3, 0.4) is 0 Å². The predicted molar refractivity (Wildman–Crippen MR) is 98.0 cm³/mol. The first kappa shape index (κ1) is 17.2. The molecule has 1 aliphatic rings. The van der Waals surface area contributed by atoms with Crippen molar-refractivity contribution in [3.63, 3.8) is 0 Å². The predicted octanol–water partition coefficient (Wildman–Crippen LogP) is 4.76. The third kappa shape index (κ3) is 4.25. The lowest BCUT2D eigenvalue weighted by Gasteiger charge is -2.19. The molecule has 2 aromatic carbocycles. The first-order chi connectivity index (χ1) is 11.3. The maximum absolute atomic E-state index is 12.8. The maximum Gasteiger partial charge on any atom is 0.193 e. The highest BCUT2D eigenvalue weighted by Gasteiger charge is 2.23. The Bertz CT molecular complexity index is 740.